The van der Waals surface area contributed by atoms with Crippen LogP contribution in [-0.4, -0.2) is 48.1 Å². The smallest absolute Gasteiger partial charge is 0.286 e. The van der Waals surface area contributed by atoms with Crippen LogP contribution < -0.4 is 5.32 Å². The third kappa shape index (κ3) is 7.09. The summed E-state index contributed by atoms with van der Waals surface area (Å²) < 4.78 is 12.8. The summed E-state index contributed by atoms with van der Waals surface area (Å²) in [5.41, 5.74) is 1.00. The lowest BCUT2D eigenvalue weighted by atomic mass is 10.1. The van der Waals surface area contributed by atoms with Gasteiger partial charge in [0.2, 0.25) is 5.91 Å². The van der Waals surface area contributed by atoms with Crippen molar-refractivity contribution in [3.63, 3.8) is 0 Å². The molecule has 0 atom stereocenters. The van der Waals surface area contributed by atoms with Crippen molar-refractivity contribution in [2.45, 2.75) is 46.7 Å². The molecule has 0 aliphatic rings. The average Bonchev–Trinajstić information content (AvgIpc) is 3.31. The second kappa shape index (κ2) is 11.5. The molecular weight excluding hydrogens is 370 g/mol. The molecular formula is C22H33N3O4. The van der Waals surface area contributed by atoms with Gasteiger partial charge in [-0.05, 0) is 43.0 Å². The number of hydrogen-bond donors (Lipinski definition) is 1. The van der Waals surface area contributed by atoms with Crippen molar-refractivity contribution in [3.05, 3.63) is 47.7 Å². The van der Waals surface area contributed by atoms with Crippen molar-refractivity contribution < 1.29 is 18.7 Å². The zero-order valence-corrected chi connectivity index (χ0v) is 17.9. The molecule has 2 aromatic rings. The number of aromatic nitrogens is 1. The van der Waals surface area contributed by atoms with Crippen molar-refractivity contribution in [1.29, 1.82) is 0 Å². The molecule has 2 amide bonds. The van der Waals surface area contributed by atoms with Crippen LogP contribution >= 0.6 is 0 Å². The van der Waals surface area contributed by atoms with Gasteiger partial charge in [-0.1, -0.05) is 20.8 Å². The van der Waals surface area contributed by atoms with Crippen LogP contribution in [0.15, 0.2) is 34.9 Å². The van der Waals surface area contributed by atoms with Gasteiger partial charge < -0.3 is 23.9 Å². The minimum Gasteiger partial charge on any atom is -0.454 e. The van der Waals surface area contributed by atoms with Gasteiger partial charge in [-0.15, -0.1) is 0 Å². The Labute approximate surface area is 173 Å². The molecule has 0 saturated heterocycles. The number of hydrogen-bond acceptors (Lipinski definition) is 4. The van der Waals surface area contributed by atoms with E-state index in [4.69, 9.17) is 9.15 Å². The van der Waals surface area contributed by atoms with Gasteiger partial charge in [0, 0.05) is 32.1 Å². The minimum atomic E-state index is -0.191. The molecule has 160 valence electrons. The van der Waals surface area contributed by atoms with Gasteiger partial charge >= 0.3 is 0 Å². The highest BCUT2D eigenvalue weighted by Crippen LogP contribution is 2.14. The number of methoxy groups -OCH3 is 1. The molecule has 0 unspecified atom stereocenters. The first-order chi connectivity index (χ1) is 13.9. The van der Waals surface area contributed by atoms with Gasteiger partial charge in [0.1, 0.15) is 12.4 Å². The molecule has 7 heteroatoms. The number of nitrogens with one attached hydrogen (secondary N) is 1. The van der Waals surface area contributed by atoms with Crippen molar-refractivity contribution in [2.24, 2.45) is 5.92 Å². The van der Waals surface area contributed by atoms with Crippen LogP contribution in [-0.2, 0) is 22.6 Å². The normalized spacial score (nSPS) is 11.1. The Bertz CT molecular complexity index is 779. The van der Waals surface area contributed by atoms with Crippen LogP contribution in [0, 0.1) is 5.92 Å². The van der Waals surface area contributed by atoms with E-state index in [-0.39, 0.29) is 18.4 Å². The lowest BCUT2D eigenvalue weighted by molar-refractivity contribution is -0.135. The van der Waals surface area contributed by atoms with Crippen molar-refractivity contribution in [2.75, 3.05) is 26.8 Å². The third-order valence-electron chi connectivity index (χ3n) is 4.61. The molecule has 0 saturated carbocycles. The molecule has 2 heterocycles. The van der Waals surface area contributed by atoms with Crippen LogP contribution in [0.3, 0.4) is 0 Å². The Morgan fingerprint density at radius 1 is 1.28 bits per heavy atom. The fraction of sp³-hybridized carbons (Fsp3) is 0.545. The second-order valence-corrected chi connectivity index (χ2v) is 7.58. The Balaban J connectivity index is 2.00. The number of furan rings is 1. The maximum atomic E-state index is 12.3. The summed E-state index contributed by atoms with van der Waals surface area (Å²) in [7, 11) is 1.53. The highest BCUT2D eigenvalue weighted by atomic mass is 16.5. The Kier molecular flexibility index (Phi) is 8.99. The first-order valence-corrected chi connectivity index (χ1v) is 10.2. The van der Waals surface area contributed by atoms with Crippen molar-refractivity contribution in [1.82, 2.24) is 14.8 Å². The van der Waals surface area contributed by atoms with E-state index in [1.807, 2.05) is 35.9 Å². The van der Waals surface area contributed by atoms with Crippen LogP contribution in [0.5, 0.6) is 0 Å². The van der Waals surface area contributed by atoms with E-state index in [1.54, 1.807) is 11.0 Å². The molecule has 0 fully saturated rings. The number of nitrogens with zero attached hydrogens (tertiary/aromatic N) is 2. The van der Waals surface area contributed by atoms with Gasteiger partial charge in [-0.3, -0.25) is 9.59 Å². The number of carbonyl (C=O) groups excluding carboxylic acids is 2. The van der Waals surface area contributed by atoms with E-state index in [9.17, 15) is 9.59 Å². The number of amides is 2. The molecule has 0 bridgehead atoms. The van der Waals surface area contributed by atoms with E-state index >= 15 is 0 Å². The molecule has 0 aromatic carbocycles. The van der Waals surface area contributed by atoms with E-state index in [2.05, 4.69) is 19.2 Å². The summed E-state index contributed by atoms with van der Waals surface area (Å²) in [5, 5.41) is 2.88. The van der Waals surface area contributed by atoms with Crippen LogP contribution in [0.25, 0.3) is 0 Å². The summed E-state index contributed by atoms with van der Waals surface area (Å²) in [6.07, 6.45) is 3.76. The van der Waals surface area contributed by atoms with Gasteiger partial charge in [-0.25, -0.2) is 0 Å². The Hall–Kier alpha value is -2.54. The molecule has 0 spiro atoms. The van der Waals surface area contributed by atoms with E-state index in [0.717, 1.165) is 18.5 Å². The van der Waals surface area contributed by atoms with Gasteiger partial charge in [-0.2, -0.15) is 0 Å². The fourth-order valence-electron chi connectivity index (χ4n) is 3.03. The van der Waals surface area contributed by atoms with Crippen LogP contribution in [0.2, 0.25) is 0 Å². The fourth-order valence-corrected chi connectivity index (χ4v) is 3.03. The molecule has 0 aliphatic carbocycles. The first kappa shape index (κ1) is 22.7. The second-order valence-electron chi connectivity index (χ2n) is 7.58. The number of rotatable bonds is 12. The summed E-state index contributed by atoms with van der Waals surface area (Å²) in [5.74, 6) is 1.34. The SMILES string of the molecule is CCCN(Cc1cccn1Cc1ccc(C(=O)NCCC(C)C)o1)C(=O)COC. The van der Waals surface area contributed by atoms with Gasteiger partial charge in [0.25, 0.3) is 5.91 Å². The predicted octanol–water partition coefficient (Wildman–Crippen LogP) is 3.29. The number of carbonyl (C=O) groups is 2. The quantitative estimate of drug-likeness (QED) is 0.590. The lowest BCUT2D eigenvalue weighted by Crippen LogP contribution is -2.34. The van der Waals surface area contributed by atoms with Crippen LogP contribution in [0.1, 0.15) is 55.6 Å². The highest BCUT2D eigenvalue weighted by molar-refractivity contribution is 5.91. The highest BCUT2D eigenvalue weighted by Gasteiger charge is 2.16. The summed E-state index contributed by atoms with van der Waals surface area (Å²) >= 11 is 0. The standard InChI is InChI=1S/C22H33N3O4/c1-5-12-25(21(26)16-28-4)14-18-7-6-13-24(18)15-19-8-9-20(29-19)22(27)23-11-10-17(2)3/h6-9,13,17H,5,10-12,14-16H2,1-4H3,(H,23,27). The van der Waals surface area contributed by atoms with E-state index in [0.29, 0.717) is 43.6 Å². The summed E-state index contributed by atoms with van der Waals surface area (Å²) in [4.78, 5) is 26.3. The monoisotopic (exact) mass is 403 g/mol. The zero-order chi connectivity index (χ0) is 21.2. The van der Waals surface area contributed by atoms with Gasteiger partial charge in [0.15, 0.2) is 5.76 Å². The minimum absolute atomic E-state index is 0.0274. The van der Waals surface area contributed by atoms with E-state index < -0.39 is 0 Å². The predicted molar refractivity (Wildman–Crippen MR) is 112 cm³/mol. The number of ether oxygens (including phenoxy) is 1. The summed E-state index contributed by atoms with van der Waals surface area (Å²) in [6, 6.07) is 7.46. The van der Waals surface area contributed by atoms with E-state index in [1.165, 1.54) is 7.11 Å². The van der Waals surface area contributed by atoms with Gasteiger partial charge in [0.05, 0.1) is 13.1 Å². The molecule has 7 nitrogen and oxygen atoms in total. The average molecular weight is 404 g/mol. The largest absolute Gasteiger partial charge is 0.454 e. The topological polar surface area (TPSA) is 76.7 Å². The van der Waals surface area contributed by atoms with Crippen molar-refractivity contribution >= 4 is 11.8 Å². The summed E-state index contributed by atoms with van der Waals surface area (Å²) in [6.45, 7) is 8.68. The zero-order valence-electron chi connectivity index (χ0n) is 17.9. The molecule has 2 aromatic heterocycles. The molecule has 0 aliphatic heterocycles. The molecule has 29 heavy (non-hydrogen) atoms. The first-order valence-electron chi connectivity index (χ1n) is 10.2. The Morgan fingerprint density at radius 2 is 2.07 bits per heavy atom. The molecule has 1 N–H and O–H groups in total. The van der Waals surface area contributed by atoms with Crippen molar-refractivity contribution in [3.8, 4) is 0 Å². The maximum absolute atomic E-state index is 12.3. The molecule has 0 radical (unpaired) electrons. The van der Waals surface area contributed by atoms with Crippen LogP contribution in [0.4, 0.5) is 0 Å². The maximum Gasteiger partial charge on any atom is 0.286 e. The Morgan fingerprint density at radius 3 is 2.76 bits per heavy atom. The third-order valence-corrected chi connectivity index (χ3v) is 4.61. The lowest BCUT2D eigenvalue weighted by Gasteiger charge is -2.22. The molecule has 2 rings (SSSR count).